The SMILES string of the molecule is CC1CCNC1C(=O)Nc1cccc(Cl)n1. The number of carbonyl (C=O) groups is 1. The maximum Gasteiger partial charge on any atom is 0.242 e. The third-order valence-corrected chi connectivity index (χ3v) is 2.99. The molecule has 1 aromatic heterocycles. The van der Waals surface area contributed by atoms with Crippen molar-refractivity contribution in [1.29, 1.82) is 0 Å². The van der Waals surface area contributed by atoms with E-state index in [2.05, 4.69) is 22.5 Å². The van der Waals surface area contributed by atoms with Gasteiger partial charge in [-0.25, -0.2) is 4.98 Å². The molecule has 0 spiro atoms. The van der Waals surface area contributed by atoms with Crippen molar-refractivity contribution in [3.05, 3.63) is 23.4 Å². The van der Waals surface area contributed by atoms with Gasteiger partial charge in [-0.15, -0.1) is 0 Å². The fourth-order valence-electron chi connectivity index (χ4n) is 1.87. The lowest BCUT2D eigenvalue weighted by atomic mass is 10.0. The summed E-state index contributed by atoms with van der Waals surface area (Å²) in [5.74, 6) is 0.817. The first kappa shape index (κ1) is 11.4. The maximum absolute atomic E-state index is 11.9. The van der Waals surface area contributed by atoms with Crippen LogP contribution in [0.15, 0.2) is 18.2 Å². The number of pyridine rings is 1. The molecule has 1 amide bonds. The van der Waals surface area contributed by atoms with Crippen LogP contribution in [0.1, 0.15) is 13.3 Å². The summed E-state index contributed by atoms with van der Waals surface area (Å²) in [5.41, 5.74) is 0. The molecule has 0 aromatic carbocycles. The Kier molecular flexibility index (Phi) is 3.41. The zero-order valence-corrected chi connectivity index (χ0v) is 9.79. The molecule has 86 valence electrons. The zero-order valence-electron chi connectivity index (χ0n) is 9.03. The number of hydrogen-bond donors (Lipinski definition) is 2. The van der Waals surface area contributed by atoms with E-state index in [1.165, 1.54) is 0 Å². The van der Waals surface area contributed by atoms with Crippen molar-refractivity contribution >= 4 is 23.3 Å². The van der Waals surface area contributed by atoms with Crippen molar-refractivity contribution in [2.24, 2.45) is 5.92 Å². The van der Waals surface area contributed by atoms with E-state index < -0.39 is 0 Å². The summed E-state index contributed by atoms with van der Waals surface area (Å²) >= 11 is 5.74. The van der Waals surface area contributed by atoms with Crippen molar-refractivity contribution in [3.8, 4) is 0 Å². The Morgan fingerprint density at radius 3 is 3.06 bits per heavy atom. The summed E-state index contributed by atoms with van der Waals surface area (Å²) in [5, 5.41) is 6.31. The molecule has 0 bridgehead atoms. The van der Waals surface area contributed by atoms with Gasteiger partial charge in [-0.3, -0.25) is 4.79 Å². The van der Waals surface area contributed by atoms with Gasteiger partial charge in [0.1, 0.15) is 11.0 Å². The van der Waals surface area contributed by atoms with E-state index in [0.717, 1.165) is 13.0 Å². The largest absolute Gasteiger partial charge is 0.309 e. The zero-order chi connectivity index (χ0) is 11.5. The standard InChI is InChI=1S/C11H14ClN3O/c1-7-5-6-13-10(7)11(16)15-9-4-2-3-8(12)14-9/h2-4,7,10,13H,5-6H2,1H3,(H,14,15,16). The van der Waals surface area contributed by atoms with E-state index in [4.69, 9.17) is 11.6 Å². The van der Waals surface area contributed by atoms with E-state index in [-0.39, 0.29) is 11.9 Å². The molecule has 2 atom stereocenters. The highest BCUT2D eigenvalue weighted by Crippen LogP contribution is 2.16. The average Bonchev–Trinajstić information content (AvgIpc) is 2.64. The Bertz CT molecular complexity index is 397. The lowest BCUT2D eigenvalue weighted by molar-refractivity contribution is -0.118. The summed E-state index contributed by atoms with van der Waals surface area (Å²) in [6, 6.07) is 5.04. The number of hydrogen-bond acceptors (Lipinski definition) is 3. The van der Waals surface area contributed by atoms with Crippen molar-refractivity contribution in [1.82, 2.24) is 10.3 Å². The molecule has 0 aliphatic carbocycles. The molecular weight excluding hydrogens is 226 g/mol. The number of amides is 1. The average molecular weight is 240 g/mol. The van der Waals surface area contributed by atoms with Crippen LogP contribution < -0.4 is 10.6 Å². The number of nitrogens with zero attached hydrogens (tertiary/aromatic N) is 1. The Labute approximate surface area is 99.4 Å². The van der Waals surface area contributed by atoms with Gasteiger partial charge in [0, 0.05) is 0 Å². The molecule has 1 fully saturated rings. The molecular formula is C11H14ClN3O. The highest BCUT2D eigenvalue weighted by Gasteiger charge is 2.29. The molecule has 2 unspecified atom stereocenters. The van der Waals surface area contributed by atoms with Crippen molar-refractivity contribution < 1.29 is 4.79 Å². The molecule has 0 saturated carbocycles. The number of anilines is 1. The monoisotopic (exact) mass is 239 g/mol. The second kappa shape index (κ2) is 4.80. The molecule has 1 aromatic rings. The summed E-state index contributed by atoms with van der Waals surface area (Å²) in [6.07, 6.45) is 1.03. The van der Waals surface area contributed by atoms with Gasteiger partial charge >= 0.3 is 0 Å². The van der Waals surface area contributed by atoms with Crippen molar-refractivity contribution in [2.75, 3.05) is 11.9 Å². The smallest absolute Gasteiger partial charge is 0.242 e. The number of rotatable bonds is 2. The fraction of sp³-hybridized carbons (Fsp3) is 0.455. The quantitative estimate of drug-likeness (QED) is 0.772. The van der Waals surface area contributed by atoms with E-state index in [1.807, 2.05) is 0 Å². The van der Waals surface area contributed by atoms with Gasteiger partial charge in [-0.05, 0) is 31.0 Å². The van der Waals surface area contributed by atoms with Crippen LogP contribution in [0.25, 0.3) is 0 Å². The fourth-order valence-corrected chi connectivity index (χ4v) is 2.03. The summed E-state index contributed by atoms with van der Waals surface area (Å²) in [4.78, 5) is 15.9. The summed E-state index contributed by atoms with van der Waals surface area (Å²) in [6.45, 7) is 2.96. The van der Waals surface area contributed by atoms with Gasteiger partial charge in [0.25, 0.3) is 0 Å². The van der Waals surface area contributed by atoms with E-state index in [1.54, 1.807) is 18.2 Å². The second-order valence-corrected chi connectivity index (χ2v) is 4.42. The first-order chi connectivity index (χ1) is 7.66. The van der Waals surface area contributed by atoms with Crippen LogP contribution in [-0.2, 0) is 4.79 Å². The Balaban J connectivity index is 2.02. The predicted octanol–water partition coefficient (Wildman–Crippen LogP) is 1.67. The van der Waals surface area contributed by atoms with Gasteiger partial charge in [0.2, 0.25) is 5.91 Å². The minimum absolute atomic E-state index is 0.0419. The molecule has 1 aliphatic heterocycles. The first-order valence-electron chi connectivity index (χ1n) is 5.33. The third kappa shape index (κ3) is 2.51. The lowest BCUT2D eigenvalue weighted by Crippen LogP contribution is -2.39. The highest BCUT2D eigenvalue weighted by atomic mass is 35.5. The van der Waals surface area contributed by atoms with Gasteiger partial charge < -0.3 is 10.6 Å². The normalized spacial score (nSPS) is 24.4. The van der Waals surface area contributed by atoms with Crippen LogP contribution in [0.3, 0.4) is 0 Å². The van der Waals surface area contributed by atoms with Gasteiger partial charge in [-0.1, -0.05) is 24.6 Å². The van der Waals surface area contributed by atoms with Gasteiger partial charge in [0.15, 0.2) is 0 Å². The molecule has 5 heteroatoms. The van der Waals surface area contributed by atoms with Gasteiger partial charge in [0.05, 0.1) is 6.04 Å². The number of halogens is 1. The Hall–Kier alpha value is -1.13. The van der Waals surface area contributed by atoms with Crippen molar-refractivity contribution in [2.45, 2.75) is 19.4 Å². The summed E-state index contributed by atoms with van der Waals surface area (Å²) in [7, 11) is 0. The molecule has 1 saturated heterocycles. The second-order valence-electron chi connectivity index (χ2n) is 4.03. The summed E-state index contributed by atoms with van der Waals surface area (Å²) < 4.78 is 0. The number of aromatic nitrogens is 1. The topological polar surface area (TPSA) is 54.0 Å². The van der Waals surface area contributed by atoms with Crippen LogP contribution in [0, 0.1) is 5.92 Å². The number of carbonyl (C=O) groups excluding carboxylic acids is 1. The molecule has 1 aliphatic rings. The van der Waals surface area contributed by atoms with Crippen LogP contribution in [0.4, 0.5) is 5.82 Å². The predicted molar refractivity (Wildman–Crippen MR) is 63.4 cm³/mol. The number of nitrogens with one attached hydrogen (secondary N) is 2. The Morgan fingerprint density at radius 1 is 1.62 bits per heavy atom. The van der Waals surface area contributed by atoms with Crippen LogP contribution in [0.5, 0.6) is 0 Å². The molecule has 2 N–H and O–H groups in total. The molecule has 16 heavy (non-hydrogen) atoms. The lowest BCUT2D eigenvalue weighted by Gasteiger charge is -2.14. The molecule has 0 radical (unpaired) electrons. The van der Waals surface area contributed by atoms with Crippen molar-refractivity contribution in [3.63, 3.8) is 0 Å². The van der Waals surface area contributed by atoms with E-state index >= 15 is 0 Å². The van der Waals surface area contributed by atoms with Crippen LogP contribution in [-0.4, -0.2) is 23.5 Å². The first-order valence-corrected chi connectivity index (χ1v) is 5.71. The molecule has 2 heterocycles. The van der Waals surface area contributed by atoms with Gasteiger partial charge in [-0.2, -0.15) is 0 Å². The minimum atomic E-state index is -0.124. The van der Waals surface area contributed by atoms with E-state index in [0.29, 0.717) is 16.9 Å². The van der Waals surface area contributed by atoms with E-state index in [9.17, 15) is 4.79 Å². The third-order valence-electron chi connectivity index (χ3n) is 2.78. The maximum atomic E-state index is 11.9. The molecule has 2 rings (SSSR count). The minimum Gasteiger partial charge on any atom is -0.309 e. The molecule has 4 nitrogen and oxygen atoms in total. The highest BCUT2D eigenvalue weighted by molar-refractivity contribution is 6.29. The Morgan fingerprint density at radius 2 is 2.44 bits per heavy atom. The van der Waals surface area contributed by atoms with Crippen LogP contribution >= 0.6 is 11.6 Å². The van der Waals surface area contributed by atoms with Crippen LogP contribution in [0.2, 0.25) is 5.15 Å².